The van der Waals surface area contributed by atoms with Crippen molar-refractivity contribution in [2.75, 3.05) is 27.7 Å². The van der Waals surface area contributed by atoms with Crippen molar-refractivity contribution in [2.24, 2.45) is 0 Å². The lowest BCUT2D eigenvalue weighted by molar-refractivity contribution is 0.0601. The lowest BCUT2D eigenvalue weighted by Gasteiger charge is -2.10. The quantitative estimate of drug-likeness (QED) is 0.338. The highest BCUT2D eigenvalue weighted by Gasteiger charge is 2.23. The van der Waals surface area contributed by atoms with Crippen LogP contribution in [0.4, 0.5) is 4.39 Å². The number of nitrogens with zero attached hydrogens (tertiary/aromatic N) is 4. The Morgan fingerprint density at radius 2 is 1.97 bits per heavy atom. The van der Waals surface area contributed by atoms with Crippen LogP contribution in [0.15, 0.2) is 47.4 Å². The number of hydrogen-bond donors (Lipinski definition) is 2. The summed E-state index contributed by atoms with van der Waals surface area (Å²) in [4.78, 5) is 30.8. The third-order valence-corrected chi connectivity index (χ3v) is 6.37. The van der Waals surface area contributed by atoms with Crippen molar-refractivity contribution in [3.8, 4) is 17.1 Å². The molecule has 0 aliphatic carbocycles. The number of benzene rings is 2. The van der Waals surface area contributed by atoms with Crippen molar-refractivity contribution in [3.05, 3.63) is 70.2 Å². The van der Waals surface area contributed by atoms with Crippen LogP contribution in [-0.2, 0) is 11.3 Å². The summed E-state index contributed by atoms with van der Waals surface area (Å²) in [6.45, 7) is 3.47. The summed E-state index contributed by atoms with van der Waals surface area (Å²) in [6, 6.07) is 9.77. The normalized spacial score (nSPS) is 11.7. The van der Waals surface area contributed by atoms with Gasteiger partial charge in [-0.05, 0) is 70.4 Å². The van der Waals surface area contributed by atoms with Gasteiger partial charge in [0.05, 0.1) is 23.9 Å². The number of hydrogen-bond acceptors (Lipinski definition) is 5. The van der Waals surface area contributed by atoms with Gasteiger partial charge in [0.1, 0.15) is 5.82 Å². The molecule has 2 N–H and O–H groups in total. The molecule has 0 unspecified atom stereocenters. The molecule has 0 aliphatic heterocycles. The monoisotopic (exact) mass is 490 g/mol. The van der Waals surface area contributed by atoms with Crippen LogP contribution in [0.5, 0.6) is 0 Å². The fraction of sp³-hybridized carbons (Fsp3) is 0.269. The molecule has 0 saturated carbocycles. The first-order valence-corrected chi connectivity index (χ1v) is 11.6. The molecule has 9 nitrogen and oxygen atoms in total. The van der Waals surface area contributed by atoms with Gasteiger partial charge in [0.2, 0.25) is 0 Å². The van der Waals surface area contributed by atoms with Gasteiger partial charge >= 0.3 is 11.7 Å². The maximum atomic E-state index is 14.1. The largest absolute Gasteiger partial charge is 0.465 e. The summed E-state index contributed by atoms with van der Waals surface area (Å²) in [5, 5.41) is 8.21. The molecule has 0 aliphatic rings. The maximum absolute atomic E-state index is 14.1. The molecule has 186 valence electrons. The molecule has 3 aromatic heterocycles. The second kappa shape index (κ2) is 9.12. The second-order valence-electron chi connectivity index (χ2n) is 9.09. The first-order chi connectivity index (χ1) is 17.3. The molecule has 3 heterocycles. The number of esters is 1. The Morgan fingerprint density at radius 3 is 2.72 bits per heavy atom. The third kappa shape index (κ3) is 3.99. The van der Waals surface area contributed by atoms with Gasteiger partial charge in [-0.15, -0.1) is 0 Å². The number of ether oxygens (including phenoxy) is 1. The molecule has 0 bridgehead atoms. The van der Waals surface area contributed by atoms with Crippen LogP contribution in [0, 0.1) is 12.7 Å². The van der Waals surface area contributed by atoms with Gasteiger partial charge in [0, 0.05) is 40.3 Å². The summed E-state index contributed by atoms with van der Waals surface area (Å²) < 4.78 is 22.6. The maximum Gasteiger partial charge on any atom is 0.348 e. The average Bonchev–Trinajstić information content (AvgIpc) is 3.49. The van der Waals surface area contributed by atoms with E-state index in [2.05, 4.69) is 24.6 Å². The van der Waals surface area contributed by atoms with Gasteiger partial charge in [-0.2, -0.15) is 5.10 Å². The highest BCUT2D eigenvalue weighted by molar-refractivity contribution is 5.99. The summed E-state index contributed by atoms with van der Waals surface area (Å²) in [6.07, 6.45) is 2.79. The SMILES string of the molecule is COC(=O)c1ccc2c(c1)c(-n1c(-c3c(C)[nH]c4ccc(F)cc34)n[nH]c1=O)cn2CCCN(C)C. The van der Waals surface area contributed by atoms with E-state index < -0.39 is 11.7 Å². The van der Waals surface area contributed by atoms with Gasteiger partial charge in [-0.25, -0.2) is 23.6 Å². The van der Waals surface area contributed by atoms with Crippen molar-refractivity contribution >= 4 is 27.8 Å². The van der Waals surface area contributed by atoms with E-state index in [1.54, 1.807) is 18.2 Å². The number of carbonyl (C=O) groups excluding carboxylic acids is 1. The molecule has 0 atom stereocenters. The molecular weight excluding hydrogens is 463 g/mol. The standard InChI is InChI=1S/C26H27FN6O3/c1-15-23(18-13-17(27)7-8-20(18)28-15)24-29-30-26(35)33(24)22-14-32(11-5-10-31(2)3)21-9-6-16(12-19(21)22)25(34)36-4/h6-9,12-14,28H,5,10-11H2,1-4H3,(H,30,35). The van der Waals surface area contributed by atoms with Gasteiger partial charge in [0.15, 0.2) is 5.82 Å². The molecule has 0 spiro atoms. The number of aromatic nitrogens is 5. The average molecular weight is 491 g/mol. The van der Waals surface area contributed by atoms with E-state index in [9.17, 15) is 14.0 Å². The van der Waals surface area contributed by atoms with Gasteiger partial charge in [-0.3, -0.25) is 0 Å². The van der Waals surface area contributed by atoms with Crippen molar-refractivity contribution in [1.82, 2.24) is 29.2 Å². The van der Waals surface area contributed by atoms with E-state index in [0.717, 1.165) is 29.7 Å². The Morgan fingerprint density at radius 1 is 1.17 bits per heavy atom. The van der Waals surface area contributed by atoms with E-state index in [1.807, 2.05) is 33.3 Å². The molecule has 5 rings (SSSR count). The van der Waals surface area contributed by atoms with Crippen molar-refractivity contribution in [1.29, 1.82) is 0 Å². The fourth-order valence-electron chi connectivity index (χ4n) is 4.72. The van der Waals surface area contributed by atoms with Crippen LogP contribution in [0.3, 0.4) is 0 Å². The minimum atomic E-state index is -0.467. The first-order valence-electron chi connectivity index (χ1n) is 11.6. The topological polar surface area (TPSA) is 101 Å². The van der Waals surface area contributed by atoms with Gasteiger partial charge in [0.25, 0.3) is 0 Å². The van der Waals surface area contributed by atoms with Crippen molar-refractivity contribution < 1.29 is 13.9 Å². The molecule has 0 saturated heterocycles. The van der Waals surface area contributed by atoms with Crippen LogP contribution in [0.1, 0.15) is 22.5 Å². The zero-order valence-corrected chi connectivity index (χ0v) is 20.6. The number of rotatable bonds is 7. The van der Waals surface area contributed by atoms with Crippen LogP contribution in [0.25, 0.3) is 38.9 Å². The number of H-pyrrole nitrogens is 2. The van der Waals surface area contributed by atoms with Crippen LogP contribution >= 0.6 is 0 Å². The van der Waals surface area contributed by atoms with Crippen molar-refractivity contribution in [3.63, 3.8) is 0 Å². The highest BCUT2D eigenvalue weighted by atomic mass is 19.1. The fourth-order valence-corrected chi connectivity index (χ4v) is 4.72. The number of carbonyl (C=O) groups is 1. The first kappa shape index (κ1) is 23.6. The molecular formula is C26H27FN6O3. The zero-order valence-electron chi connectivity index (χ0n) is 20.6. The molecule has 36 heavy (non-hydrogen) atoms. The second-order valence-corrected chi connectivity index (χ2v) is 9.09. The van der Waals surface area contributed by atoms with E-state index >= 15 is 0 Å². The molecule has 5 aromatic rings. The van der Waals surface area contributed by atoms with Gasteiger partial charge < -0.3 is 19.2 Å². The van der Waals surface area contributed by atoms with Crippen LogP contribution in [-0.4, -0.2) is 62.9 Å². The number of halogens is 1. The number of aryl methyl sites for hydroxylation is 2. The number of methoxy groups -OCH3 is 1. The lowest BCUT2D eigenvalue weighted by atomic mass is 10.1. The van der Waals surface area contributed by atoms with Crippen LogP contribution in [0.2, 0.25) is 0 Å². The molecule has 0 amide bonds. The smallest absolute Gasteiger partial charge is 0.348 e. The molecule has 0 fully saturated rings. The summed E-state index contributed by atoms with van der Waals surface area (Å²) in [5.74, 6) is -0.497. The van der Waals surface area contributed by atoms with E-state index in [-0.39, 0.29) is 5.82 Å². The Labute approximate surface area is 206 Å². The van der Waals surface area contributed by atoms with Crippen LogP contribution < -0.4 is 5.69 Å². The van der Waals surface area contributed by atoms with E-state index in [0.29, 0.717) is 40.0 Å². The van der Waals surface area contributed by atoms with E-state index in [1.165, 1.54) is 23.8 Å². The summed E-state index contributed by atoms with van der Waals surface area (Å²) >= 11 is 0. The summed E-state index contributed by atoms with van der Waals surface area (Å²) in [7, 11) is 5.37. The lowest BCUT2D eigenvalue weighted by Crippen LogP contribution is -2.16. The Kier molecular flexibility index (Phi) is 5.97. The minimum Gasteiger partial charge on any atom is -0.465 e. The Bertz CT molecular complexity index is 1660. The third-order valence-electron chi connectivity index (χ3n) is 6.37. The van der Waals surface area contributed by atoms with Gasteiger partial charge in [-0.1, -0.05) is 0 Å². The Balaban J connectivity index is 1.75. The predicted octanol–water partition coefficient (Wildman–Crippen LogP) is 3.85. The summed E-state index contributed by atoms with van der Waals surface area (Å²) in [5.41, 5.74) is 3.50. The number of aromatic amines is 2. The zero-order chi connectivity index (χ0) is 25.6. The Hall–Kier alpha value is -4.18. The number of nitrogens with one attached hydrogen (secondary N) is 2. The predicted molar refractivity (Wildman–Crippen MR) is 136 cm³/mol. The molecule has 10 heteroatoms. The van der Waals surface area contributed by atoms with Crippen molar-refractivity contribution in [2.45, 2.75) is 19.9 Å². The minimum absolute atomic E-state index is 0.352. The molecule has 0 radical (unpaired) electrons. The molecule has 2 aromatic carbocycles. The van der Waals surface area contributed by atoms with E-state index in [4.69, 9.17) is 4.74 Å². The highest BCUT2D eigenvalue weighted by Crippen LogP contribution is 2.34. The number of fused-ring (bicyclic) bond motifs is 2.